The normalized spacial score (nSPS) is 39.9. The molecule has 9 atom stereocenters. The van der Waals surface area contributed by atoms with Gasteiger partial charge in [-0.1, -0.05) is 0 Å². The Hall–Kier alpha value is -1.07. The van der Waals surface area contributed by atoms with Gasteiger partial charge in [-0.15, -0.1) is 0 Å². The second-order valence-electron chi connectivity index (χ2n) is 6.42. The number of aliphatic hydroxyl groups is 4. The Labute approximate surface area is 174 Å². The smallest absolute Gasteiger partial charge is 0.218 e. The van der Waals surface area contributed by atoms with E-state index in [9.17, 15) is 56.3 Å². The second-order valence-corrected chi connectivity index (χ2v) is 8.48. The number of hydrogen-bond acceptors (Lipinski definition) is 17. The van der Waals surface area contributed by atoms with E-state index in [1.54, 1.807) is 0 Å². The van der Waals surface area contributed by atoms with Crippen LogP contribution >= 0.6 is 0 Å². The Balaban J connectivity index is 2.33. The van der Waals surface area contributed by atoms with Crippen LogP contribution in [0.15, 0.2) is 0 Å². The molecule has 2 saturated heterocycles. The summed E-state index contributed by atoms with van der Waals surface area (Å²) in [6.07, 6.45) is -18.9. The SMILES string of the molecule is O=C([O-])C1OCC(O)C(O)C1OC1OC(COS(=O)(=O)[O-])C(O)C(O)C1OS(=O)(=O)[O-]. The summed E-state index contributed by atoms with van der Waals surface area (Å²) in [6, 6.07) is 0. The highest BCUT2D eigenvalue weighted by atomic mass is 32.3. The number of hydrogen-bond donors (Lipinski definition) is 4. The van der Waals surface area contributed by atoms with Crippen molar-refractivity contribution in [1.82, 2.24) is 0 Å². The highest BCUT2D eigenvalue weighted by Gasteiger charge is 2.51. The molecule has 2 rings (SSSR count). The molecule has 2 aliphatic rings. The Morgan fingerprint density at radius 2 is 1.58 bits per heavy atom. The quantitative estimate of drug-likeness (QED) is 0.179. The highest BCUT2D eigenvalue weighted by Crippen LogP contribution is 2.29. The second kappa shape index (κ2) is 9.82. The zero-order chi connectivity index (χ0) is 23.7. The molecule has 0 aromatic rings. The number of carbonyl (C=O) groups excluding carboxylic acids is 1. The minimum absolute atomic E-state index is 0.667. The average molecular weight is 497 g/mol. The van der Waals surface area contributed by atoms with Crippen molar-refractivity contribution in [2.45, 2.75) is 55.1 Å². The van der Waals surface area contributed by atoms with E-state index < -0.39 is 95.1 Å². The summed E-state index contributed by atoms with van der Waals surface area (Å²) in [4.78, 5) is 11.2. The molecular formula is C12H17O17S2-3. The lowest BCUT2D eigenvalue weighted by Crippen LogP contribution is -2.65. The molecule has 31 heavy (non-hydrogen) atoms. The summed E-state index contributed by atoms with van der Waals surface area (Å²) in [5.74, 6) is -1.95. The summed E-state index contributed by atoms with van der Waals surface area (Å²) in [5.41, 5.74) is 0. The van der Waals surface area contributed by atoms with Gasteiger partial charge in [0.05, 0.1) is 19.2 Å². The predicted molar refractivity (Wildman–Crippen MR) is 82.5 cm³/mol. The van der Waals surface area contributed by atoms with Crippen molar-refractivity contribution in [3.05, 3.63) is 0 Å². The van der Waals surface area contributed by atoms with Gasteiger partial charge in [0.25, 0.3) is 0 Å². The molecule has 2 fully saturated rings. The minimum Gasteiger partial charge on any atom is -0.726 e. The molecule has 2 aliphatic heterocycles. The summed E-state index contributed by atoms with van der Waals surface area (Å²) < 4.78 is 87.5. The Morgan fingerprint density at radius 3 is 2.10 bits per heavy atom. The van der Waals surface area contributed by atoms with Crippen LogP contribution in [-0.2, 0) is 48.2 Å². The van der Waals surface area contributed by atoms with E-state index in [1.807, 2.05) is 0 Å². The monoisotopic (exact) mass is 497 g/mol. The third-order valence-electron chi connectivity index (χ3n) is 4.25. The first-order chi connectivity index (χ1) is 14.1. The van der Waals surface area contributed by atoms with Crippen LogP contribution in [0.25, 0.3) is 0 Å². The van der Waals surface area contributed by atoms with Gasteiger partial charge in [0.15, 0.2) is 12.4 Å². The van der Waals surface area contributed by atoms with E-state index in [4.69, 9.17) is 14.2 Å². The highest BCUT2D eigenvalue weighted by molar-refractivity contribution is 7.81. The van der Waals surface area contributed by atoms with Gasteiger partial charge in [0.2, 0.25) is 20.8 Å². The molecule has 0 aromatic carbocycles. The third-order valence-corrected chi connectivity index (χ3v) is 5.13. The van der Waals surface area contributed by atoms with E-state index in [1.165, 1.54) is 0 Å². The number of rotatable bonds is 8. The standard InChI is InChI=1S/C12H20O17S2/c13-3-1-25-10(11(17)18)8(5(3)14)28-12-9(29-31(22,23)24)7(16)6(15)4(27-12)2-26-30(19,20)21/h3-10,12-16H,1-2H2,(H,17,18)(H,19,20,21)(H,22,23,24)/p-3. The summed E-state index contributed by atoms with van der Waals surface area (Å²) in [7, 11) is -10.9. The van der Waals surface area contributed by atoms with Crippen LogP contribution in [0.3, 0.4) is 0 Å². The molecule has 17 nitrogen and oxygen atoms in total. The van der Waals surface area contributed by atoms with Gasteiger partial charge in [-0.05, 0) is 0 Å². The fraction of sp³-hybridized carbons (Fsp3) is 0.917. The van der Waals surface area contributed by atoms with Gasteiger partial charge in [-0.2, -0.15) is 0 Å². The van der Waals surface area contributed by atoms with Gasteiger partial charge in [0.1, 0.15) is 42.7 Å². The van der Waals surface area contributed by atoms with Crippen LogP contribution in [0.5, 0.6) is 0 Å². The first kappa shape index (κ1) is 26.2. The Kier molecular flexibility index (Phi) is 8.30. The average Bonchev–Trinajstić information content (AvgIpc) is 2.62. The van der Waals surface area contributed by atoms with Crippen molar-refractivity contribution in [2.24, 2.45) is 0 Å². The number of ether oxygens (including phenoxy) is 3. The number of carboxylic acid groups (broad SMARTS) is 1. The van der Waals surface area contributed by atoms with Crippen LogP contribution < -0.4 is 5.11 Å². The lowest BCUT2D eigenvalue weighted by atomic mass is 9.97. The molecule has 19 heteroatoms. The van der Waals surface area contributed by atoms with Crippen LogP contribution in [0, 0.1) is 0 Å². The van der Waals surface area contributed by atoms with Gasteiger partial charge in [0, 0.05) is 0 Å². The number of aliphatic hydroxyl groups excluding tert-OH is 4. The van der Waals surface area contributed by atoms with E-state index in [2.05, 4.69) is 8.37 Å². The van der Waals surface area contributed by atoms with Gasteiger partial charge >= 0.3 is 0 Å². The maximum atomic E-state index is 11.2. The molecule has 0 amide bonds. The third kappa shape index (κ3) is 6.95. The fourth-order valence-corrected chi connectivity index (χ4v) is 3.62. The van der Waals surface area contributed by atoms with Crippen LogP contribution in [0.1, 0.15) is 0 Å². The van der Waals surface area contributed by atoms with E-state index in [0.29, 0.717) is 0 Å². The molecule has 0 radical (unpaired) electrons. The fourth-order valence-electron chi connectivity index (χ4n) is 2.84. The number of carbonyl (C=O) groups is 1. The van der Waals surface area contributed by atoms with Crippen molar-refractivity contribution < 1.29 is 78.8 Å². The lowest BCUT2D eigenvalue weighted by Gasteiger charge is -2.45. The molecular weight excluding hydrogens is 480 g/mol. The molecule has 0 aliphatic carbocycles. The van der Waals surface area contributed by atoms with Gasteiger partial charge < -0.3 is 53.6 Å². The van der Waals surface area contributed by atoms with Crippen molar-refractivity contribution in [2.75, 3.05) is 13.2 Å². The van der Waals surface area contributed by atoms with E-state index in [0.717, 1.165) is 0 Å². The maximum absolute atomic E-state index is 11.2. The lowest BCUT2D eigenvalue weighted by molar-refractivity contribution is -0.351. The summed E-state index contributed by atoms with van der Waals surface area (Å²) >= 11 is 0. The largest absolute Gasteiger partial charge is 0.726 e. The van der Waals surface area contributed by atoms with E-state index >= 15 is 0 Å². The molecule has 9 unspecified atom stereocenters. The van der Waals surface area contributed by atoms with Crippen LogP contribution in [0.4, 0.5) is 0 Å². The molecule has 0 aromatic heterocycles. The summed E-state index contributed by atoms with van der Waals surface area (Å²) in [6.45, 7) is -1.89. The van der Waals surface area contributed by atoms with Crippen LogP contribution in [-0.4, -0.2) is 121 Å². The zero-order valence-electron chi connectivity index (χ0n) is 15.0. The maximum Gasteiger partial charge on any atom is 0.218 e. The molecule has 182 valence electrons. The zero-order valence-corrected chi connectivity index (χ0v) is 16.7. The minimum atomic E-state index is -5.59. The molecule has 0 saturated carbocycles. The van der Waals surface area contributed by atoms with Crippen molar-refractivity contribution >= 4 is 26.8 Å². The summed E-state index contributed by atoms with van der Waals surface area (Å²) in [5, 5.41) is 51.0. The Bertz CT molecular complexity index is 839. The first-order valence-electron chi connectivity index (χ1n) is 8.20. The van der Waals surface area contributed by atoms with Gasteiger partial charge in [-0.25, -0.2) is 16.8 Å². The molecule has 0 spiro atoms. The molecule has 0 bridgehead atoms. The Morgan fingerprint density at radius 1 is 0.968 bits per heavy atom. The molecule has 2 heterocycles. The topological polar surface area (TPSA) is 282 Å². The van der Waals surface area contributed by atoms with Crippen molar-refractivity contribution in [3.8, 4) is 0 Å². The number of aliphatic carboxylic acids is 1. The molecule has 4 N–H and O–H groups in total. The van der Waals surface area contributed by atoms with Crippen molar-refractivity contribution in [3.63, 3.8) is 0 Å². The first-order valence-corrected chi connectivity index (χ1v) is 10.9. The van der Waals surface area contributed by atoms with Crippen molar-refractivity contribution in [1.29, 1.82) is 0 Å². The number of carboxylic acids is 1. The van der Waals surface area contributed by atoms with Crippen LogP contribution in [0.2, 0.25) is 0 Å². The van der Waals surface area contributed by atoms with E-state index in [-0.39, 0.29) is 0 Å². The predicted octanol–water partition coefficient (Wildman–Crippen LogP) is -6.99. The van der Waals surface area contributed by atoms with Gasteiger partial charge in [-0.3, -0.25) is 8.37 Å².